The summed E-state index contributed by atoms with van der Waals surface area (Å²) in [4.78, 5) is 77.0. The van der Waals surface area contributed by atoms with E-state index < -0.39 is 35.5 Å². The fourth-order valence-corrected chi connectivity index (χ4v) is 6.76. The number of hydrogen-bond acceptors (Lipinski definition) is 8. The number of amides is 5. The van der Waals surface area contributed by atoms with Gasteiger partial charge in [0, 0.05) is 73.9 Å². The molecule has 0 radical (unpaired) electrons. The molecule has 54 heavy (non-hydrogen) atoms. The number of nitrogens with one attached hydrogen (secondary N) is 3. The van der Waals surface area contributed by atoms with Crippen molar-refractivity contribution in [1.29, 1.82) is 0 Å². The molecule has 1 fully saturated rings. The molecule has 0 spiro atoms. The Morgan fingerprint density at radius 2 is 1.85 bits per heavy atom. The molecule has 1 unspecified atom stereocenters. The van der Waals surface area contributed by atoms with Crippen LogP contribution in [0.3, 0.4) is 0 Å². The van der Waals surface area contributed by atoms with E-state index in [1.807, 2.05) is 35.4 Å². The smallest absolute Gasteiger partial charge is 0.270 e. The van der Waals surface area contributed by atoms with E-state index in [0.717, 1.165) is 45.5 Å². The lowest BCUT2D eigenvalue weighted by Crippen LogP contribution is -2.52. The molecule has 1 saturated heterocycles. The van der Waals surface area contributed by atoms with Gasteiger partial charge in [0.25, 0.3) is 11.8 Å². The largest absolute Gasteiger partial charge is 0.347 e. The van der Waals surface area contributed by atoms with Gasteiger partial charge in [-0.3, -0.25) is 39.3 Å². The molecule has 1 atom stereocenters. The van der Waals surface area contributed by atoms with Crippen LogP contribution in [0.4, 0.5) is 4.39 Å². The molecular formula is C40H37FN8O5. The summed E-state index contributed by atoms with van der Waals surface area (Å²) in [6, 6.07) is 14.7. The molecule has 13 nitrogen and oxygen atoms in total. The average Bonchev–Trinajstić information content (AvgIpc) is 3.55. The second-order valence-electron chi connectivity index (χ2n) is 13.1. The summed E-state index contributed by atoms with van der Waals surface area (Å²) >= 11 is 0. The number of halogens is 1. The third-order valence-electron chi connectivity index (χ3n) is 9.65. The SMILES string of the molecule is CCc1nc(-c2cccc3cc(-c4ccc(C(=O)NC/C=C/c5cccc(C(=O)NC6CCC(=O)NC6=O)c5F)nc4)ncc23)c2n1CCN(C(C)=O)C2. The summed E-state index contributed by atoms with van der Waals surface area (Å²) in [7, 11) is 0. The van der Waals surface area contributed by atoms with Crippen molar-refractivity contribution in [2.45, 2.75) is 52.2 Å². The molecule has 0 aliphatic carbocycles. The van der Waals surface area contributed by atoms with Crippen molar-refractivity contribution in [2.24, 2.45) is 0 Å². The van der Waals surface area contributed by atoms with Crippen LogP contribution >= 0.6 is 0 Å². The number of carbonyl (C=O) groups excluding carboxylic acids is 5. The number of piperidine rings is 1. The van der Waals surface area contributed by atoms with E-state index in [1.54, 1.807) is 31.3 Å². The lowest BCUT2D eigenvalue weighted by Gasteiger charge is -2.28. The van der Waals surface area contributed by atoms with E-state index in [9.17, 15) is 24.0 Å². The summed E-state index contributed by atoms with van der Waals surface area (Å²) < 4.78 is 17.4. The Bertz CT molecular complexity index is 2350. The molecule has 5 aromatic rings. The quantitative estimate of drug-likeness (QED) is 0.190. The van der Waals surface area contributed by atoms with Crippen LogP contribution in [0.25, 0.3) is 39.4 Å². The van der Waals surface area contributed by atoms with Crippen molar-refractivity contribution >= 4 is 46.4 Å². The topological polar surface area (TPSA) is 168 Å². The van der Waals surface area contributed by atoms with Gasteiger partial charge in [-0.15, -0.1) is 0 Å². The lowest BCUT2D eigenvalue weighted by molar-refractivity contribution is -0.134. The number of benzene rings is 2. The second-order valence-corrected chi connectivity index (χ2v) is 13.1. The number of aromatic nitrogens is 4. The van der Waals surface area contributed by atoms with E-state index in [1.165, 1.54) is 24.3 Å². The maximum absolute atomic E-state index is 15.2. The molecule has 3 aromatic heterocycles. The number of pyridine rings is 2. The number of imidazole rings is 1. The lowest BCUT2D eigenvalue weighted by atomic mass is 10.0. The van der Waals surface area contributed by atoms with Crippen LogP contribution in [0.15, 0.2) is 73.1 Å². The van der Waals surface area contributed by atoms with Gasteiger partial charge in [-0.25, -0.2) is 9.37 Å². The normalized spacial score (nSPS) is 15.6. The molecular weight excluding hydrogens is 691 g/mol. The molecule has 0 bridgehead atoms. The number of rotatable bonds is 9. The van der Waals surface area contributed by atoms with Gasteiger partial charge in [-0.05, 0) is 36.1 Å². The predicted molar refractivity (Wildman–Crippen MR) is 198 cm³/mol. The summed E-state index contributed by atoms with van der Waals surface area (Å²) in [6.07, 6.45) is 7.38. The second kappa shape index (κ2) is 15.2. The van der Waals surface area contributed by atoms with Crippen LogP contribution in [-0.2, 0) is 33.9 Å². The Morgan fingerprint density at radius 1 is 1.02 bits per heavy atom. The van der Waals surface area contributed by atoms with Crippen molar-refractivity contribution in [1.82, 2.24) is 40.4 Å². The first-order chi connectivity index (χ1) is 26.1. The fraction of sp³-hybridized carbons (Fsp3) is 0.250. The molecule has 2 aromatic carbocycles. The Morgan fingerprint density at radius 3 is 2.61 bits per heavy atom. The maximum Gasteiger partial charge on any atom is 0.270 e. The molecule has 5 heterocycles. The standard InChI is InChI=1S/C40H37FN8O5/c1-3-34-46-37(33-22-48(23(2)50)17-18-49(33)34)27-10-5-8-25-19-32(44-21-29(25)27)26-12-13-30(43-20-26)39(53)42-16-6-9-24-7-4-11-28(36(24)41)38(52)45-31-14-15-35(51)47-40(31)54/h4-13,19-21,31H,3,14-18,22H2,1-2H3,(H,42,53)(H,45,52)(H,47,51,54)/b9-6+. The van der Waals surface area contributed by atoms with E-state index in [2.05, 4.69) is 32.4 Å². The van der Waals surface area contributed by atoms with Crippen molar-refractivity contribution in [3.63, 3.8) is 0 Å². The Labute approximate surface area is 309 Å². The van der Waals surface area contributed by atoms with Gasteiger partial charge in [0.2, 0.25) is 17.7 Å². The van der Waals surface area contributed by atoms with Gasteiger partial charge >= 0.3 is 0 Å². The molecule has 274 valence electrons. The summed E-state index contributed by atoms with van der Waals surface area (Å²) in [5.74, 6) is -2.01. The van der Waals surface area contributed by atoms with Crippen LogP contribution in [0.1, 0.15) is 64.6 Å². The highest BCUT2D eigenvalue weighted by molar-refractivity contribution is 6.04. The van der Waals surface area contributed by atoms with Crippen LogP contribution in [-0.4, -0.2) is 73.1 Å². The highest BCUT2D eigenvalue weighted by Crippen LogP contribution is 2.34. The summed E-state index contributed by atoms with van der Waals surface area (Å²) in [5, 5.41) is 9.24. The molecule has 14 heteroatoms. The van der Waals surface area contributed by atoms with Crippen LogP contribution in [0.2, 0.25) is 0 Å². The van der Waals surface area contributed by atoms with Gasteiger partial charge in [-0.2, -0.15) is 0 Å². The number of carbonyl (C=O) groups is 5. The Hall–Kier alpha value is -6.57. The van der Waals surface area contributed by atoms with Crippen LogP contribution in [0.5, 0.6) is 0 Å². The Balaban J connectivity index is 0.999. The minimum atomic E-state index is -0.931. The molecule has 2 aliphatic heterocycles. The number of imide groups is 1. The highest BCUT2D eigenvalue weighted by atomic mass is 19.1. The number of aryl methyl sites for hydroxylation is 1. The fourth-order valence-electron chi connectivity index (χ4n) is 6.76. The maximum atomic E-state index is 15.2. The monoisotopic (exact) mass is 728 g/mol. The van der Waals surface area contributed by atoms with Crippen LogP contribution < -0.4 is 16.0 Å². The molecule has 5 amide bonds. The van der Waals surface area contributed by atoms with E-state index in [4.69, 9.17) is 9.97 Å². The predicted octanol–water partition coefficient (Wildman–Crippen LogP) is 4.20. The van der Waals surface area contributed by atoms with Gasteiger partial charge in [-0.1, -0.05) is 49.4 Å². The molecule has 0 saturated carbocycles. The van der Waals surface area contributed by atoms with Crippen molar-refractivity contribution in [3.05, 3.63) is 107 Å². The molecule has 3 N–H and O–H groups in total. The van der Waals surface area contributed by atoms with Crippen molar-refractivity contribution in [2.75, 3.05) is 13.1 Å². The van der Waals surface area contributed by atoms with Gasteiger partial charge in [0.15, 0.2) is 0 Å². The zero-order valence-electron chi connectivity index (χ0n) is 29.7. The van der Waals surface area contributed by atoms with Gasteiger partial charge < -0.3 is 20.1 Å². The first kappa shape index (κ1) is 35.8. The Kier molecular flexibility index (Phi) is 10.1. The van der Waals surface area contributed by atoms with Gasteiger partial charge in [0.05, 0.1) is 29.2 Å². The number of fused-ring (bicyclic) bond motifs is 2. The first-order valence-electron chi connectivity index (χ1n) is 17.7. The van der Waals surface area contributed by atoms with Crippen molar-refractivity contribution in [3.8, 4) is 22.5 Å². The summed E-state index contributed by atoms with van der Waals surface area (Å²) in [5.41, 5.74) is 4.29. The minimum Gasteiger partial charge on any atom is -0.347 e. The average molecular weight is 729 g/mol. The number of nitrogens with zero attached hydrogens (tertiary/aromatic N) is 5. The third-order valence-corrected chi connectivity index (χ3v) is 9.65. The first-order valence-corrected chi connectivity index (χ1v) is 17.7. The number of hydrogen-bond donors (Lipinski definition) is 3. The zero-order chi connectivity index (χ0) is 37.9. The van der Waals surface area contributed by atoms with Crippen LogP contribution in [0, 0.1) is 5.82 Å². The van der Waals surface area contributed by atoms with E-state index in [0.29, 0.717) is 25.3 Å². The minimum absolute atomic E-state index is 0.0404. The zero-order valence-corrected chi connectivity index (χ0v) is 29.7. The van der Waals surface area contributed by atoms with Gasteiger partial charge in [0.1, 0.15) is 23.4 Å². The summed E-state index contributed by atoms with van der Waals surface area (Å²) in [6.45, 7) is 5.61. The van der Waals surface area contributed by atoms with E-state index in [-0.39, 0.29) is 42.1 Å². The third kappa shape index (κ3) is 7.22. The molecule has 7 rings (SSSR count). The molecule has 2 aliphatic rings. The van der Waals surface area contributed by atoms with E-state index >= 15 is 4.39 Å². The van der Waals surface area contributed by atoms with Crippen molar-refractivity contribution < 1.29 is 28.4 Å². The highest BCUT2D eigenvalue weighted by Gasteiger charge is 2.29.